The van der Waals surface area contributed by atoms with Gasteiger partial charge in [-0.2, -0.15) is 0 Å². The van der Waals surface area contributed by atoms with Crippen LogP contribution in [0.4, 0.5) is 4.39 Å². The second kappa shape index (κ2) is 6.99. The number of hydrogen-bond acceptors (Lipinski definition) is 2. The van der Waals surface area contributed by atoms with E-state index in [1.165, 1.54) is 6.08 Å². The standard InChI is InChI=1S/C15H22FNO2S/c1-11(17-20(18)15(2,3)4)14(16)10-12-6-8-13(19-5)9-7-12/h6-11,17H,1-5H3/b14-10-/t11-,20?/m1/s1. The number of ether oxygens (including phenoxy) is 1. The van der Waals surface area contributed by atoms with E-state index in [1.54, 1.807) is 38.3 Å². The first-order valence-corrected chi connectivity index (χ1v) is 7.58. The maximum absolute atomic E-state index is 14.0. The number of nitrogens with one attached hydrogen (secondary N) is 1. The fourth-order valence-corrected chi connectivity index (χ4v) is 2.17. The van der Waals surface area contributed by atoms with E-state index in [2.05, 4.69) is 4.72 Å². The first kappa shape index (κ1) is 16.9. The third-order valence-electron chi connectivity index (χ3n) is 2.67. The molecule has 1 aromatic rings. The van der Waals surface area contributed by atoms with Crippen molar-refractivity contribution in [2.75, 3.05) is 7.11 Å². The molecule has 20 heavy (non-hydrogen) atoms. The summed E-state index contributed by atoms with van der Waals surface area (Å²) in [5.74, 6) is 0.371. The summed E-state index contributed by atoms with van der Waals surface area (Å²) in [6, 6.07) is 6.48. The molecule has 0 saturated heterocycles. The molecule has 0 aliphatic heterocycles. The van der Waals surface area contributed by atoms with Crippen LogP contribution in [0.1, 0.15) is 33.3 Å². The van der Waals surface area contributed by atoms with Gasteiger partial charge in [-0.1, -0.05) is 12.1 Å². The number of halogens is 1. The Hall–Kier alpha value is -1.20. The predicted octanol–water partition coefficient (Wildman–Crippen LogP) is 3.45. The van der Waals surface area contributed by atoms with E-state index in [0.29, 0.717) is 0 Å². The maximum Gasteiger partial charge on any atom is 0.118 e. The lowest BCUT2D eigenvalue weighted by molar-refractivity contribution is 0.415. The molecule has 0 heterocycles. The minimum absolute atomic E-state index is 0.354. The molecule has 0 aromatic heterocycles. The molecule has 3 nitrogen and oxygen atoms in total. The Bertz CT molecular complexity index is 492. The van der Waals surface area contributed by atoms with Gasteiger partial charge in [-0.15, -0.1) is 0 Å². The molecule has 112 valence electrons. The van der Waals surface area contributed by atoms with Crippen molar-refractivity contribution in [1.29, 1.82) is 0 Å². The van der Waals surface area contributed by atoms with Gasteiger partial charge in [0.1, 0.15) is 11.6 Å². The van der Waals surface area contributed by atoms with E-state index in [4.69, 9.17) is 4.74 Å². The van der Waals surface area contributed by atoms with Gasteiger partial charge in [-0.3, -0.25) is 0 Å². The van der Waals surface area contributed by atoms with Gasteiger partial charge in [0.2, 0.25) is 0 Å². The van der Waals surface area contributed by atoms with Crippen molar-refractivity contribution in [2.24, 2.45) is 0 Å². The fourth-order valence-electron chi connectivity index (χ4n) is 1.38. The van der Waals surface area contributed by atoms with Crippen LogP contribution in [0.25, 0.3) is 6.08 Å². The predicted molar refractivity (Wildman–Crippen MR) is 82.6 cm³/mol. The van der Waals surface area contributed by atoms with Crippen molar-refractivity contribution in [3.8, 4) is 5.75 Å². The summed E-state index contributed by atoms with van der Waals surface area (Å²) < 4.78 is 33.3. The van der Waals surface area contributed by atoms with Crippen LogP contribution >= 0.6 is 0 Å². The Morgan fingerprint density at radius 1 is 1.35 bits per heavy atom. The molecule has 1 N–H and O–H groups in total. The van der Waals surface area contributed by atoms with Gasteiger partial charge >= 0.3 is 0 Å². The van der Waals surface area contributed by atoms with E-state index in [-0.39, 0.29) is 5.83 Å². The molecule has 1 rings (SSSR count). The van der Waals surface area contributed by atoms with Crippen molar-refractivity contribution in [2.45, 2.75) is 38.5 Å². The molecule has 0 fully saturated rings. The summed E-state index contributed by atoms with van der Waals surface area (Å²) in [6.07, 6.45) is 1.43. The van der Waals surface area contributed by atoms with Gasteiger partial charge < -0.3 is 4.74 Å². The molecule has 0 aliphatic rings. The van der Waals surface area contributed by atoms with Crippen molar-refractivity contribution < 1.29 is 13.3 Å². The van der Waals surface area contributed by atoms with E-state index in [1.807, 2.05) is 20.8 Å². The summed E-state index contributed by atoms with van der Waals surface area (Å²) in [4.78, 5) is 0. The summed E-state index contributed by atoms with van der Waals surface area (Å²) in [7, 11) is 0.281. The fraction of sp³-hybridized carbons (Fsp3) is 0.467. The quantitative estimate of drug-likeness (QED) is 0.904. The molecule has 0 radical (unpaired) electrons. The van der Waals surface area contributed by atoms with Crippen molar-refractivity contribution in [1.82, 2.24) is 4.72 Å². The highest BCUT2D eigenvalue weighted by Gasteiger charge is 2.22. The molecule has 0 saturated carbocycles. The normalized spacial score (nSPS) is 15.8. The molecular formula is C15H22FNO2S. The highest BCUT2D eigenvalue weighted by atomic mass is 32.2. The maximum atomic E-state index is 14.0. The lowest BCUT2D eigenvalue weighted by Gasteiger charge is -2.21. The minimum Gasteiger partial charge on any atom is -0.497 e. The lowest BCUT2D eigenvalue weighted by Crippen LogP contribution is -2.38. The van der Waals surface area contributed by atoms with Crippen LogP contribution in [-0.4, -0.2) is 22.1 Å². The molecule has 0 aliphatic carbocycles. The molecule has 0 amide bonds. The molecular weight excluding hydrogens is 277 g/mol. The summed E-state index contributed by atoms with van der Waals surface area (Å²) >= 11 is 0. The number of hydrogen-bond donors (Lipinski definition) is 1. The van der Waals surface area contributed by atoms with E-state index in [0.717, 1.165) is 11.3 Å². The Morgan fingerprint density at radius 2 is 1.90 bits per heavy atom. The SMILES string of the molecule is COc1ccc(/C=C(\F)[C@@H](C)NS(=O)C(C)(C)C)cc1. The Morgan fingerprint density at radius 3 is 2.35 bits per heavy atom. The molecule has 2 atom stereocenters. The number of rotatable bonds is 5. The summed E-state index contributed by atoms with van der Waals surface area (Å²) in [5, 5.41) is 0. The third kappa shape index (κ3) is 5.06. The second-order valence-corrected chi connectivity index (χ2v) is 7.52. The monoisotopic (exact) mass is 299 g/mol. The number of methoxy groups -OCH3 is 1. The van der Waals surface area contributed by atoms with Crippen LogP contribution in [0, 0.1) is 0 Å². The zero-order valence-electron chi connectivity index (χ0n) is 12.6. The Balaban J connectivity index is 2.74. The largest absolute Gasteiger partial charge is 0.497 e. The molecule has 1 unspecified atom stereocenters. The van der Waals surface area contributed by atoms with E-state index < -0.39 is 21.8 Å². The van der Waals surface area contributed by atoms with Crippen molar-refractivity contribution >= 4 is 17.1 Å². The van der Waals surface area contributed by atoms with Gasteiger partial charge in [0.05, 0.1) is 28.9 Å². The first-order chi connectivity index (χ1) is 9.24. The van der Waals surface area contributed by atoms with Crippen LogP contribution in [0.3, 0.4) is 0 Å². The Kier molecular flexibility index (Phi) is 5.89. The van der Waals surface area contributed by atoms with Gasteiger partial charge in [0.15, 0.2) is 0 Å². The van der Waals surface area contributed by atoms with Gasteiger partial charge in [-0.25, -0.2) is 13.3 Å². The van der Waals surface area contributed by atoms with Crippen LogP contribution in [0.2, 0.25) is 0 Å². The smallest absolute Gasteiger partial charge is 0.118 e. The Labute approximate surface area is 122 Å². The average Bonchev–Trinajstić information content (AvgIpc) is 2.38. The van der Waals surface area contributed by atoms with Crippen LogP contribution in [-0.2, 0) is 11.0 Å². The highest BCUT2D eigenvalue weighted by Crippen LogP contribution is 2.17. The minimum atomic E-state index is -1.30. The van der Waals surface area contributed by atoms with E-state index in [9.17, 15) is 8.60 Å². The highest BCUT2D eigenvalue weighted by molar-refractivity contribution is 7.84. The van der Waals surface area contributed by atoms with E-state index >= 15 is 0 Å². The third-order valence-corrected chi connectivity index (χ3v) is 4.35. The van der Waals surface area contributed by atoms with Gasteiger partial charge in [0.25, 0.3) is 0 Å². The molecule has 5 heteroatoms. The second-order valence-electron chi connectivity index (χ2n) is 5.52. The lowest BCUT2D eigenvalue weighted by atomic mass is 10.1. The average molecular weight is 299 g/mol. The summed E-state index contributed by atoms with van der Waals surface area (Å²) in [6.45, 7) is 7.18. The van der Waals surface area contributed by atoms with Crippen molar-refractivity contribution in [3.63, 3.8) is 0 Å². The van der Waals surface area contributed by atoms with Crippen molar-refractivity contribution in [3.05, 3.63) is 35.7 Å². The van der Waals surface area contributed by atoms with Crippen LogP contribution < -0.4 is 9.46 Å². The summed E-state index contributed by atoms with van der Waals surface area (Å²) in [5.41, 5.74) is 0.735. The topological polar surface area (TPSA) is 38.3 Å². The zero-order valence-corrected chi connectivity index (χ0v) is 13.4. The zero-order chi connectivity index (χ0) is 15.3. The van der Waals surface area contributed by atoms with Crippen LogP contribution in [0.5, 0.6) is 5.75 Å². The van der Waals surface area contributed by atoms with Gasteiger partial charge in [0, 0.05) is 0 Å². The molecule has 0 spiro atoms. The van der Waals surface area contributed by atoms with Crippen LogP contribution in [0.15, 0.2) is 30.1 Å². The molecule has 1 aromatic carbocycles. The number of benzene rings is 1. The first-order valence-electron chi connectivity index (χ1n) is 6.43. The van der Waals surface area contributed by atoms with Gasteiger partial charge in [-0.05, 0) is 51.5 Å². The molecule has 0 bridgehead atoms.